The van der Waals surface area contributed by atoms with E-state index in [-0.39, 0.29) is 5.97 Å². The summed E-state index contributed by atoms with van der Waals surface area (Å²) >= 11 is 0. The Balaban J connectivity index is 2.66. The van der Waals surface area contributed by atoms with Gasteiger partial charge in [-0.15, -0.1) is 0 Å². The van der Waals surface area contributed by atoms with Gasteiger partial charge in [0.05, 0.1) is 12.7 Å². The van der Waals surface area contributed by atoms with Gasteiger partial charge >= 0.3 is 11.9 Å². The molecule has 0 fully saturated rings. The van der Waals surface area contributed by atoms with Crippen molar-refractivity contribution in [3.8, 4) is 0 Å². The number of esters is 2. The second kappa shape index (κ2) is 8.91. The SMILES string of the molecule is CCCC[C@@H](/C=C/C(=O)OC)OC(=O)c1ccccc1. The van der Waals surface area contributed by atoms with Crippen LogP contribution in [0.3, 0.4) is 0 Å². The molecule has 0 aromatic heterocycles. The predicted molar refractivity (Wildman–Crippen MR) is 76.3 cm³/mol. The quantitative estimate of drug-likeness (QED) is 0.567. The van der Waals surface area contributed by atoms with Crippen LogP contribution in [0.15, 0.2) is 42.5 Å². The molecule has 4 heteroatoms. The first-order valence-electron chi connectivity index (χ1n) is 6.69. The Hall–Kier alpha value is -2.10. The van der Waals surface area contributed by atoms with Gasteiger partial charge in [0.2, 0.25) is 0 Å². The molecule has 4 nitrogen and oxygen atoms in total. The van der Waals surface area contributed by atoms with E-state index >= 15 is 0 Å². The van der Waals surface area contributed by atoms with Crippen molar-refractivity contribution in [2.75, 3.05) is 7.11 Å². The van der Waals surface area contributed by atoms with Crippen LogP contribution in [0.1, 0.15) is 36.5 Å². The van der Waals surface area contributed by atoms with Gasteiger partial charge in [0.15, 0.2) is 0 Å². The zero-order valence-electron chi connectivity index (χ0n) is 11.9. The van der Waals surface area contributed by atoms with Crippen molar-refractivity contribution in [1.29, 1.82) is 0 Å². The zero-order valence-corrected chi connectivity index (χ0v) is 11.9. The molecule has 20 heavy (non-hydrogen) atoms. The number of hydrogen-bond donors (Lipinski definition) is 0. The predicted octanol–water partition coefficient (Wildman–Crippen LogP) is 3.13. The van der Waals surface area contributed by atoms with Crippen LogP contribution in [0.5, 0.6) is 0 Å². The third-order valence-electron chi connectivity index (χ3n) is 2.76. The molecule has 0 aliphatic heterocycles. The highest BCUT2D eigenvalue weighted by molar-refractivity contribution is 5.89. The van der Waals surface area contributed by atoms with Crippen LogP contribution in [0, 0.1) is 0 Å². The van der Waals surface area contributed by atoms with Crippen LogP contribution >= 0.6 is 0 Å². The van der Waals surface area contributed by atoms with E-state index < -0.39 is 12.1 Å². The lowest BCUT2D eigenvalue weighted by Crippen LogP contribution is -2.16. The van der Waals surface area contributed by atoms with E-state index in [0.29, 0.717) is 12.0 Å². The fourth-order valence-electron chi connectivity index (χ4n) is 1.63. The summed E-state index contributed by atoms with van der Waals surface area (Å²) < 4.78 is 9.93. The van der Waals surface area contributed by atoms with E-state index in [9.17, 15) is 9.59 Å². The Kier molecular flexibility index (Phi) is 7.11. The molecule has 0 spiro atoms. The molecule has 1 rings (SSSR count). The Morgan fingerprint density at radius 3 is 2.55 bits per heavy atom. The van der Waals surface area contributed by atoms with Crippen LogP contribution in [0.25, 0.3) is 0 Å². The molecule has 0 N–H and O–H groups in total. The summed E-state index contributed by atoms with van der Waals surface area (Å²) in [5.41, 5.74) is 0.500. The highest BCUT2D eigenvalue weighted by atomic mass is 16.5. The summed E-state index contributed by atoms with van der Waals surface area (Å²) in [6, 6.07) is 8.79. The van der Waals surface area contributed by atoms with E-state index in [2.05, 4.69) is 11.7 Å². The van der Waals surface area contributed by atoms with E-state index in [4.69, 9.17) is 4.74 Å². The van der Waals surface area contributed by atoms with Crippen LogP contribution in [0.2, 0.25) is 0 Å². The van der Waals surface area contributed by atoms with Crippen molar-refractivity contribution in [3.05, 3.63) is 48.0 Å². The summed E-state index contributed by atoms with van der Waals surface area (Å²) in [7, 11) is 1.31. The highest BCUT2D eigenvalue weighted by Crippen LogP contribution is 2.10. The standard InChI is InChI=1S/C16H20O4/c1-3-4-10-14(11-12-15(17)19-2)20-16(18)13-8-6-5-7-9-13/h5-9,11-12,14H,3-4,10H2,1-2H3/b12-11+/t14-/m0/s1. The Labute approximate surface area is 119 Å². The van der Waals surface area contributed by atoms with E-state index in [1.807, 2.05) is 6.07 Å². The maximum atomic E-state index is 12.0. The Morgan fingerprint density at radius 2 is 1.95 bits per heavy atom. The van der Waals surface area contributed by atoms with Gasteiger partial charge < -0.3 is 9.47 Å². The molecule has 0 radical (unpaired) electrons. The molecule has 0 saturated heterocycles. The highest BCUT2D eigenvalue weighted by Gasteiger charge is 2.13. The second-order valence-electron chi connectivity index (χ2n) is 4.33. The normalized spacial score (nSPS) is 12.1. The lowest BCUT2D eigenvalue weighted by molar-refractivity contribution is -0.134. The van der Waals surface area contributed by atoms with E-state index in [1.165, 1.54) is 13.2 Å². The van der Waals surface area contributed by atoms with E-state index in [1.54, 1.807) is 30.3 Å². The van der Waals surface area contributed by atoms with Crippen molar-refractivity contribution in [2.45, 2.75) is 32.3 Å². The topological polar surface area (TPSA) is 52.6 Å². The van der Waals surface area contributed by atoms with Crippen molar-refractivity contribution in [1.82, 2.24) is 0 Å². The third-order valence-corrected chi connectivity index (χ3v) is 2.76. The largest absolute Gasteiger partial charge is 0.466 e. The molecule has 0 bridgehead atoms. The molecule has 1 atom stereocenters. The van der Waals surface area contributed by atoms with Gasteiger partial charge in [0, 0.05) is 6.08 Å². The summed E-state index contributed by atoms with van der Waals surface area (Å²) in [5.74, 6) is -0.844. The van der Waals surface area contributed by atoms with E-state index in [0.717, 1.165) is 12.8 Å². The number of unbranched alkanes of at least 4 members (excludes halogenated alkanes) is 1. The average molecular weight is 276 g/mol. The molecule has 0 heterocycles. The fraction of sp³-hybridized carbons (Fsp3) is 0.375. The van der Waals surface area contributed by atoms with Gasteiger partial charge in [-0.3, -0.25) is 0 Å². The van der Waals surface area contributed by atoms with Crippen LogP contribution in [-0.4, -0.2) is 25.2 Å². The van der Waals surface area contributed by atoms with Crippen LogP contribution in [0.4, 0.5) is 0 Å². The van der Waals surface area contributed by atoms with Gasteiger partial charge in [0.1, 0.15) is 6.10 Å². The van der Waals surface area contributed by atoms with Crippen molar-refractivity contribution in [3.63, 3.8) is 0 Å². The first-order valence-corrected chi connectivity index (χ1v) is 6.69. The lowest BCUT2D eigenvalue weighted by atomic mass is 10.1. The van der Waals surface area contributed by atoms with Crippen molar-refractivity contribution < 1.29 is 19.1 Å². The molecule has 1 aromatic carbocycles. The molecule has 0 aliphatic carbocycles. The summed E-state index contributed by atoms with van der Waals surface area (Å²) in [6.07, 6.45) is 5.04. The summed E-state index contributed by atoms with van der Waals surface area (Å²) in [4.78, 5) is 23.1. The number of carbonyl (C=O) groups is 2. The first-order chi connectivity index (χ1) is 9.67. The minimum Gasteiger partial charge on any atom is -0.466 e. The second-order valence-corrected chi connectivity index (χ2v) is 4.33. The minimum atomic E-state index is -0.456. The molecule has 0 amide bonds. The van der Waals surface area contributed by atoms with Gasteiger partial charge in [-0.1, -0.05) is 31.5 Å². The number of rotatable bonds is 7. The summed E-state index contributed by atoms with van der Waals surface area (Å²) in [6.45, 7) is 2.06. The monoisotopic (exact) mass is 276 g/mol. The average Bonchev–Trinajstić information content (AvgIpc) is 2.50. The molecular weight excluding hydrogens is 256 g/mol. The first kappa shape index (κ1) is 16.0. The molecule has 1 aromatic rings. The molecular formula is C16H20O4. The number of hydrogen-bond acceptors (Lipinski definition) is 4. The Morgan fingerprint density at radius 1 is 1.25 bits per heavy atom. The van der Waals surface area contributed by atoms with Crippen molar-refractivity contribution in [2.24, 2.45) is 0 Å². The number of ether oxygens (including phenoxy) is 2. The maximum Gasteiger partial charge on any atom is 0.338 e. The number of carbonyl (C=O) groups excluding carboxylic acids is 2. The van der Waals surface area contributed by atoms with Gasteiger partial charge in [-0.2, -0.15) is 0 Å². The third kappa shape index (κ3) is 5.69. The molecule has 0 saturated carbocycles. The fourth-order valence-corrected chi connectivity index (χ4v) is 1.63. The Bertz CT molecular complexity index is 451. The van der Waals surface area contributed by atoms with Crippen LogP contribution < -0.4 is 0 Å². The maximum absolute atomic E-state index is 12.0. The van der Waals surface area contributed by atoms with Gasteiger partial charge in [0.25, 0.3) is 0 Å². The van der Waals surface area contributed by atoms with Gasteiger partial charge in [-0.05, 0) is 31.1 Å². The minimum absolute atomic E-state index is 0.388. The van der Waals surface area contributed by atoms with Crippen molar-refractivity contribution >= 4 is 11.9 Å². The van der Waals surface area contributed by atoms with Gasteiger partial charge in [-0.25, -0.2) is 9.59 Å². The molecule has 108 valence electrons. The molecule has 0 unspecified atom stereocenters. The number of benzene rings is 1. The lowest BCUT2D eigenvalue weighted by Gasteiger charge is -2.14. The number of methoxy groups -OCH3 is 1. The van der Waals surface area contributed by atoms with Crippen LogP contribution in [-0.2, 0) is 14.3 Å². The smallest absolute Gasteiger partial charge is 0.338 e. The zero-order chi connectivity index (χ0) is 14.8. The molecule has 0 aliphatic rings. The summed E-state index contributed by atoms with van der Waals surface area (Å²) in [5, 5.41) is 0.